The lowest BCUT2D eigenvalue weighted by Crippen LogP contribution is -2.35. The zero-order chi connectivity index (χ0) is 13.8. The molecule has 3 rings (SSSR count). The van der Waals surface area contributed by atoms with Crippen molar-refractivity contribution in [2.75, 3.05) is 6.54 Å². The summed E-state index contributed by atoms with van der Waals surface area (Å²) in [5.41, 5.74) is 1.54. The molecule has 0 amide bonds. The van der Waals surface area contributed by atoms with Crippen LogP contribution in [0.15, 0.2) is 24.5 Å². The normalized spacial score (nSPS) is 26.8. The molecule has 0 radical (unpaired) electrons. The van der Waals surface area contributed by atoms with Gasteiger partial charge in [-0.1, -0.05) is 19.3 Å². The van der Waals surface area contributed by atoms with Crippen LogP contribution in [0, 0.1) is 0 Å². The Bertz CT molecular complexity index is 414. The molecule has 1 spiro atoms. The van der Waals surface area contributed by atoms with Gasteiger partial charge in [0.15, 0.2) is 0 Å². The molecule has 1 saturated carbocycles. The fourth-order valence-electron chi connectivity index (χ4n) is 3.68. The average Bonchev–Trinajstić information content (AvgIpc) is 2.89. The fourth-order valence-corrected chi connectivity index (χ4v) is 3.68. The lowest BCUT2D eigenvalue weighted by molar-refractivity contribution is -0.0628. The van der Waals surface area contributed by atoms with E-state index < -0.39 is 0 Å². The maximum atomic E-state index is 6.40. The van der Waals surface area contributed by atoms with Crippen LogP contribution in [0.4, 0.5) is 0 Å². The minimum atomic E-state index is 0.241. The Morgan fingerprint density at radius 2 is 2.00 bits per heavy atom. The van der Waals surface area contributed by atoms with Crippen molar-refractivity contribution in [2.24, 2.45) is 0 Å². The van der Waals surface area contributed by atoms with E-state index in [2.05, 4.69) is 29.4 Å². The van der Waals surface area contributed by atoms with Crippen molar-refractivity contribution in [1.82, 2.24) is 10.3 Å². The molecule has 0 bridgehead atoms. The Kier molecular flexibility index (Phi) is 4.37. The minimum absolute atomic E-state index is 0.241. The molecule has 2 aliphatic rings. The molecular weight excluding hydrogens is 248 g/mol. The van der Waals surface area contributed by atoms with Crippen molar-refractivity contribution >= 4 is 0 Å². The van der Waals surface area contributed by atoms with E-state index in [1.54, 1.807) is 0 Å². The molecule has 20 heavy (non-hydrogen) atoms. The Hall–Kier alpha value is -0.930. The standard InChI is InChI=1S/C17H26N2O/c1-14(15-6-11-18-12-7-15)19-13-16-5-10-17(20-16)8-3-2-4-9-17/h6-7,11-12,14,16,19H,2-5,8-10,13H2,1H3. The van der Waals surface area contributed by atoms with E-state index in [0.29, 0.717) is 12.1 Å². The van der Waals surface area contributed by atoms with Gasteiger partial charge in [-0.05, 0) is 50.3 Å². The Morgan fingerprint density at radius 3 is 2.75 bits per heavy atom. The second-order valence-electron chi connectivity index (χ2n) is 6.43. The van der Waals surface area contributed by atoms with Crippen molar-refractivity contribution in [3.63, 3.8) is 0 Å². The van der Waals surface area contributed by atoms with Gasteiger partial charge in [0.25, 0.3) is 0 Å². The maximum absolute atomic E-state index is 6.40. The molecule has 1 aromatic rings. The van der Waals surface area contributed by atoms with Crippen LogP contribution in [0.25, 0.3) is 0 Å². The molecule has 1 aliphatic carbocycles. The van der Waals surface area contributed by atoms with Crippen LogP contribution < -0.4 is 5.32 Å². The van der Waals surface area contributed by atoms with Gasteiger partial charge >= 0.3 is 0 Å². The van der Waals surface area contributed by atoms with Crippen molar-refractivity contribution in [2.45, 2.75) is 69.6 Å². The first-order valence-corrected chi connectivity index (χ1v) is 8.09. The first-order chi connectivity index (χ1) is 9.77. The smallest absolute Gasteiger partial charge is 0.0708 e. The average molecular weight is 274 g/mol. The number of hydrogen-bond donors (Lipinski definition) is 1. The van der Waals surface area contributed by atoms with Gasteiger partial charge in [-0.25, -0.2) is 0 Å². The number of hydrogen-bond acceptors (Lipinski definition) is 3. The van der Waals surface area contributed by atoms with Gasteiger partial charge in [0, 0.05) is 25.0 Å². The summed E-state index contributed by atoms with van der Waals surface area (Å²) in [4.78, 5) is 4.07. The van der Waals surface area contributed by atoms with Crippen LogP contribution in [0.1, 0.15) is 63.5 Å². The molecule has 1 aliphatic heterocycles. The highest BCUT2D eigenvalue weighted by molar-refractivity contribution is 5.13. The van der Waals surface area contributed by atoms with Crippen molar-refractivity contribution < 1.29 is 4.74 Å². The van der Waals surface area contributed by atoms with E-state index in [1.165, 1.54) is 50.5 Å². The third-order valence-corrected chi connectivity index (χ3v) is 4.96. The lowest BCUT2D eigenvalue weighted by atomic mass is 9.83. The summed E-state index contributed by atoms with van der Waals surface area (Å²) in [6, 6.07) is 4.52. The molecule has 1 saturated heterocycles. The molecule has 2 unspecified atom stereocenters. The highest BCUT2D eigenvalue weighted by Crippen LogP contribution is 2.41. The predicted molar refractivity (Wildman–Crippen MR) is 80.6 cm³/mol. The summed E-state index contributed by atoms with van der Waals surface area (Å²) in [7, 11) is 0. The van der Waals surface area contributed by atoms with Crippen LogP contribution in [0.2, 0.25) is 0 Å². The quantitative estimate of drug-likeness (QED) is 0.910. The second-order valence-corrected chi connectivity index (χ2v) is 6.43. The third kappa shape index (κ3) is 3.21. The molecule has 2 atom stereocenters. The number of pyridine rings is 1. The van der Waals surface area contributed by atoms with Crippen molar-refractivity contribution in [3.8, 4) is 0 Å². The SMILES string of the molecule is CC(NCC1CCC2(CCCCC2)O1)c1ccncc1. The number of ether oxygens (including phenoxy) is 1. The number of nitrogens with zero attached hydrogens (tertiary/aromatic N) is 1. The van der Waals surface area contributed by atoms with Crippen molar-refractivity contribution in [3.05, 3.63) is 30.1 Å². The molecule has 3 nitrogen and oxygen atoms in total. The van der Waals surface area contributed by atoms with Crippen molar-refractivity contribution in [1.29, 1.82) is 0 Å². The van der Waals surface area contributed by atoms with E-state index in [9.17, 15) is 0 Å². The topological polar surface area (TPSA) is 34.1 Å². The summed E-state index contributed by atoms with van der Waals surface area (Å²) < 4.78 is 6.40. The van der Waals surface area contributed by atoms with E-state index >= 15 is 0 Å². The van der Waals surface area contributed by atoms with Gasteiger partial charge in [0.1, 0.15) is 0 Å². The Labute approximate surface area is 122 Å². The summed E-state index contributed by atoms with van der Waals surface area (Å²) in [5.74, 6) is 0. The molecular formula is C17H26N2O. The minimum Gasteiger partial charge on any atom is -0.370 e. The molecule has 110 valence electrons. The van der Waals surface area contributed by atoms with Crippen LogP contribution in [0.3, 0.4) is 0 Å². The predicted octanol–water partition coefficient (Wildman–Crippen LogP) is 3.61. The van der Waals surface area contributed by atoms with Gasteiger partial charge in [-0.3, -0.25) is 4.98 Å². The first kappa shape index (κ1) is 14.0. The molecule has 1 aromatic heterocycles. The maximum Gasteiger partial charge on any atom is 0.0708 e. The first-order valence-electron chi connectivity index (χ1n) is 8.09. The van der Waals surface area contributed by atoms with E-state index in [0.717, 1.165) is 6.54 Å². The third-order valence-electron chi connectivity index (χ3n) is 4.96. The highest BCUT2D eigenvalue weighted by Gasteiger charge is 2.40. The fraction of sp³-hybridized carbons (Fsp3) is 0.706. The van der Waals surface area contributed by atoms with Gasteiger partial charge in [-0.2, -0.15) is 0 Å². The summed E-state index contributed by atoms with van der Waals surface area (Å²) >= 11 is 0. The Balaban J connectivity index is 1.48. The molecule has 2 heterocycles. The molecule has 1 N–H and O–H groups in total. The van der Waals surface area contributed by atoms with E-state index in [1.807, 2.05) is 12.4 Å². The van der Waals surface area contributed by atoms with Crippen LogP contribution in [0.5, 0.6) is 0 Å². The van der Waals surface area contributed by atoms with Crippen LogP contribution in [-0.2, 0) is 4.74 Å². The van der Waals surface area contributed by atoms with E-state index in [-0.39, 0.29) is 5.60 Å². The molecule has 2 fully saturated rings. The zero-order valence-electron chi connectivity index (χ0n) is 12.5. The highest BCUT2D eigenvalue weighted by atomic mass is 16.5. The number of aromatic nitrogens is 1. The lowest BCUT2D eigenvalue weighted by Gasteiger charge is -2.33. The van der Waals surface area contributed by atoms with Gasteiger partial charge in [0.05, 0.1) is 11.7 Å². The number of rotatable bonds is 4. The van der Waals surface area contributed by atoms with Gasteiger partial charge in [0.2, 0.25) is 0 Å². The largest absolute Gasteiger partial charge is 0.370 e. The monoisotopic (exact) mass is 274 g/mol. The van der Waals surface area contributed by atoms with Crippen LogP contribution in [-0.4, -0.2) is 23.2 Å². The van der Waals surface area contributed by atoms with Gasteiger partial charge in [-0.15, -0.1) is 0 Å². The molecule has 3 heteroatoms. The summed E-state index contributed by atoms with van der Waals surface area (Å²) in [6.45, 7) is 3.17. The van der Waals surface area contributed by atoms with Crippen LogP contribution >= 0.6 is 0 Å². The summed E-state index contributed by atoms with van der Waals surface area (Å²) in [5, 5.41) is 3.61. The second kappa shape index (κ2) is 6.23. The Morgan fingerprint density at radius 1 is 1.25 bits per heavy atom. The van der Waals surface area contributed by atoms with E-state index in [4.69, 9.17) is 4.74 Å². The molecule has 0 aromatic carbocycles. The zero-order valence-corrected chi connectivity index (χ0v) is 12.5. The summed E-state index contributed by atoms with van der Waals surface area (Å²) in [6.07, 6.45) is 13.3. The number of nitrogens with one attached hydrogen (secondary N) is 1. The van der Waals surface area contributed by atoms with Gasteiger partial charge < -0.3 is 10.1 Å².